The molecule has 2 rings (SSSR count). The summed E-state index contributed by atoms with van der Waals surface area (Å²) in [5.74, 6) is 1.55. The molecule has 1 aliphatic carbocycles. The molecule has 0 radical (unpaired) electrons. The van der Waals surface area contributed by atoms with E-state index in [4.69, 9.17) is 0 Å². The van der Waals surface area contributed by atoms with Gasteiger partial charge in [0, 0.05) is 19.1 Å². The number of aliphatic hydroxyl groups is 1. The van der Waals surface area contributed by atoms with Crippen LogP contribution in [0.25, 0.3) is 0 Å². The van der Waals surface area contributed by atoms with E-state index in [0.29, 0.717) is 12.0 Å². The van der Waals surface area contributed by atoms with Crippen molar-refractivity contribution in [1.29, 1.82) is 0 Å². The maximum atomic E-state index is 10.0. The Morgan fingerprint density at radius 1 is 1.24 bits per heavy atom. The van der Waals surface area contributed by atoms with E-state index < -0.39 is 0 Å². The second-order valence-electron chi connectivity index (χ2n) is 6.18. The maximum Gasteiger partial charge on any atom is 0.0791 e. The van der Waals surface area contributed by atoms with Crippen LogP contribution in [0.5, 0.6) is 0 Å². The molecule has 3 nitrogen and oxygen atoms in total. The highest BCUT2D eigenvalue weighted by atomic mass is 16.3. The van der Waals surface area contributed by atoms with Crippen LogP contribution in [0, 0.1) is 11.8 Å². The summed E-state index contributed by atoms with van der Waals surface area (Å²) in [4.78, 5) is 2.38. The first kappa shape index (κ1) is 13.3. The van der Waals surface area contributed by atoms with Crippen molar-refractivity contribution in [3.05, 3.63) is 0 Å². The summed E-state index contributed by atoms with van der Waals surface area (Å²) in [6.45, 7) is 8.52. The van der Waals surface area contributed by atoms with Crippen molar-refractivity contribution in [1.82, 2.24) is 10.2 Å². The van der Waals surface area contributed by atoms with Gasteiger partial charge in [0.15, 0.2) is 0 Å². The van der Waals surface area contributed by atoms with Crippen molar-refractivity contribution >= 4 is 0 Å². The van der Waals surface area contributed by atoms with Gasteiger partial charge in [0.25, 0.3) is 0 Å². The molecular weight excluding hydrogens is 212 g/mol. The predicted molar refractivity (Wildman–Crippen MR) is 71.0 cm³/mol. The molecule has 2 atom stereocenters. The molecular formula is C14H28N2O. The molecule has 0 spiro atoms. The number of aliphatic hydroxyl groups excluding tert-OH is 1. The first-order valence-electron chi connectivity index (χ1n) is 7.30. The number of nitrogens with one attached hydrogen (secondary N) is 1. The Balaban J connectivity index is 1.65. The Bertz CT molecular complexity index is 220. The van der Waals surface area contributed by atoms with Crippen LogP contribution in [0.2, 0.25) is 0 Å². The molecule has 1 saturated heterocycles. The second kappa shape index (κ2) is 6.17. The van der Waals surface area contributed by atoms with E-state index in [-0.39, 0.29) is 6.10 Å². The summed E-state index contributed by atoms with van der Waals surface area (Å²) in [7, 11) is 0. The Hall–Kier alpha value is -0.120. The normalized spacial score (nSPS) is 25.4. The van der Waals surface area contributed by atoms with Crippen LogP contribution in [-0.2, 0) is 0 Å². The molecule has 1 heterocycles. The lowest BCUT2D eigenvalue weighted by molar-refractivity contribution is 0.116. The molecule has 1 aliphatic heterocycles. The standard InChI is InChI=1S/C14H28N2O/c1-11(2)14(12-5-6-12)15-9-13(17)10-16-7-3-4-8-16/h11-15,17H,3-10H2,1-2H3. The van der Waals surface area contributed by atoms with Crippen molar-refractivity contribution in [3.63, 3.8) is 0 Å². The molecule has 100 valence electrons. The second-order valence-corrected chi connectivity index (χ2v) is 6.18. The van der Waals surface area contributed by atoms with E-state index in [1.807, 2.05) is 0 Å². The summed E-state index contributed by atoms with van der Waals surface area (Å²) in [6, 6.07) is 0.614. The van der Waals surface area contributed by atoms with Crippen LogP contribution in [-0.4, -0.2) is 48.3 Å². The van der Waals surface area contributed by atoms with Gasteiger partial charge in [0.05, 0.1) is 6.10 Å². The summed E-state index contributed by atoms with van der Waals surface area (Å²) in [5.41, 5.74) is 0. The van der Waals surface area contributed by atoms with Crippen LogP contribution in [0.1, 0.15) is 39.5 Å². The highest BCUT2D eigenvalue weighted by molar-refractivity contribution is 4.89. The van der Waals surface area contributed by atoms with Gasteiger partial charge in [-0.1, -0.05) is 13.8 Å². The van der Waals surface area contributed by atoms with Gasteiger partial charge in [0.1, 0.15) is 0 Å². The number of rotatable bonds is 7. The third-order valence-electron chi connectivity index (χ3n) is 4.10. The quantitative estimate of drug-likeness (QED) is 0.707. The molecule has 3 heteroatoms. The average Bonchev–Trinajstić information content (AvgIpc) is 2.96. The maximum absolute atomic E-state index is 10.0. The monoisotopic (exact) mass is 240 g/mol. The molecule has 2 aliphatic rings. The molecule has 2 unspecified atom stereocenters. The fourth-order valence-electron chi connectivity index (χ4n) is 3.00. The van der Waals surface area contributed by atoms with Crippen LogP contribution < -0.4 is 5.32 Å². The Labute approximate surface area is 106 Å². The van der Waals surface area contributed by atoms with Gasteiger partial charge in [-0.05, 0) is 50.6 Å². The van der Waals surface area contributed by atoms with E-state index >= 15 is 0 Å². The van der Waals surface area contributed by atoms with E-state index in [0.717, 1.165) is 19.0 Å². The molecule has 2 fully saturated rings. The van der Waals surface area contributed by atoms with Crippen molar-refractivity contribution in [2.75, 3.05) is 26.2 Å². The lowest BCUT2D eigenvalue weighted by Gasteiger charge is -2.25. The predicted octanol–water partition coefficient (Wildman–Crippen LogP) is 1.47. The zero-order valence-corrected chi connectivity index (χ0v) is 11.4. The Kier molecular flexibility index (Phi) is 4.83. The highest BCUT2D eigenvalue weighted by Crippen LogP contribution is 2.35. The number of likely N-dealkylation sites (tertiary alicyclic amines) is 1. The minimum atomic E-state index is -0.201. The number of hydrogen-bond acceptors (Lipinski definition) is 3. The zero-order valence-electron chi connectivity index (χ0n) is 11.4. The highest BCUT2D eigenvalue weighted by Gasteiger charge is 2.33. The molecule has 0 amide bonds. The first-order chi connectivity index (χ1) is 8.16. The minimum Gasteiger partial charge on any atom is -0.390 e. The van der Waals surface area contributed by atoms with Gasteiger partial charge >= 0.3 is 0 Å². The van der Waals surface area contributed by atoms with Crippen LogP contribution in [0.4, 0.5) is 0 Å². The van der Waals surface area contributed by atoms with Crippen molar-refractivity contribution in [3.8, 4) is 0 Å². The summed E-state index contributed by atoms with van der Waals surface area (Å²) < 4.78 is 0. The fourth-order valence-corrected chi connectivity index (χ4v) is 3.00. The SMILES string of the molecule is CC(C)C(NCC(O)CN1CCCC1)C1CC1. The van der Waals surface area contributed by atoms with Crippen LogP contribution in [0.15, 0.2) is 0 Å². The fraction of sp³-hybridized carbons (Fsp3) is 1.00. The van der Waals surface area contributed by atoms with Gasteiger partial charge in [-0.15, -0.1) is 0 Å². The largest absolute Gasteiger partial charge is 0.390 e. The molecule has 2 N–H and O–H groups in total. The molecule has 1 saturated carbocycles. The van der Waals surface area contributed by atoms with Crippen LogP contribution in [0.3, 0.4) is 0 Å². The van der Waals surface area contributed by atoms with Gasteiger partial charge in [-0.2, -0.15) is 0 Å². The van der Waals surface area contributed by atoms with E-state index in [9.17, 15) is 5.11 Å². The van der Waals surface area contributed by atoms with Gasteiger partial charge < -0.3 is 15.3 Å². The van der Waals surface area contributed by atoms with E-state index in [1.54, 1.807) is 0 Å². The Morgan fingerprint density at radius 3 is 2.41 bits per heavy atom. The van der Waals surface area contributed by atoms with Crippen LogP contribution >= 0.6 is 0 Å². The van der Waals surface area contributed by atoms with Crippen molar-refractivity contribution < 1.29 is 5.11 Å². The summed E-state index contributed by atoms with van der Waals surface area (Å²) >= 11 is 0. The molecule has 17 heavy (non-hydrogen) atoms. The molecule has 0 aromatic carbocycles. The zero-order chi connectivity index (χ0) is 12.3. The lowest BCUT2D eigenvalue weighted by atomic mass is 9.99. The van der Waals surface area contributed by atoms with Gasteiger partial charge in [0.2, 0.25) is 0 Å². The summed E-state index contributed by atoms with van der Waals surface area (Å²) in [5, 5.41) is 13.6. The lowest BCUT2D eigenvalue weighted by Crippen LogP contribution is -2.43. The molecule has 0 aromatic heterocycles. The third-order valence-corrected chi connectivity index (χ3v) is 4.10. The molecule has 0 bridgehead atoms. The minimum absolute atomic E-state index is 0.201. The number of β-amino-alcohol motifs (C(OH)–C–C–N with tert-alkyl or cyclic N) is 1. The number of nitrogens with zero attached hydrogens (tertiary/aromatic N) is 1. The number of hydrogen-bond donors (Lipinski definition) is 2. The van der Waals surface area contributed by atoms with Crippen molar-refractivity contribution in [2.24, 2.45) is 11.8 Å². The van der Waals surface area contributed by atoms with Gasteiger partial charge in [-0.25, -0.2) is 0 Å². The average molecular weight is 240 g/mol. The van der Waals surface area contributed by atoms with E-state index in [1.165, 1.54) is 38.8 Å². The first-order valence-corrected chi connectivity index (χ1v) is 7.30. The van der Waals surface area contributed by atoms with Gasteiger partial charge in [-0.3, -0.25) is 0 Å². The smallest absolute Gasteiger partial charge is 0.0791 e. The topological polar surface area (TPSA) is 35.5 Å². The third kappa shape index (κ3) is 4.23. The van der Waals surface area contributed by atoms with Crippen molar-refractivity contribution in [2.45, 2.75) is 51.7 Å². The summed E-state index contributed by atoms with van der Waals surface area (Å²) in [6.07, 6.45) is 5.15. The molecule has 0 aromatic rings. The van der Waals surface area contributed by atoms with E-state index in [2.05, 4.69) is 24.1 Å². The Morgan fingerprint density at radius 2 is 1.88 bits per heavy atom.